The van der Waals surface area contributed by atoms with Crippen LogP contribution in [-0.4, -0.2) is 27.9 Å². The van der Waals surface area contributed by atoms with Crippen LogP contribution in [0.5, 0.6) is 0 Å². The maximum Gasteiger partial charge on any atom is 0.326 e. The number of carboxylic acids is 1. The number of rotatable bonds is 6. The lowest BCUT2D eigenvalue weighted by atomic mass is 10.0. The molecule has 0 bridgehead atoms. The van der Waals surface area contributed by atoms with E-state index in [9.17, 15) is 19.1 Å². The molecule has 1 N–H and O–H groups in total. The molecular formula is C19H20FNO3. The van der Waals surface area contributed by atoms with Crippen LogP contribution in [0.25, 0.3) is 0 Å². The van der Waals surface area contributed by atoms with Crippen LogP contribution in [0.3, 0.4) is 0 Å². The molecular weight excluding hydrogens is 309 g/mol. The van der Waals surface area contributed by atoms with Crippen molar-refractivity contribution in [3.05, 3.63) is 71.5 Å². The Hall–Kier alpha value is -2.69. The maximum atomic E-state index is 13.1. The number of amides is 1. The van der Waals surface area contributed by atoms with Crippen molar-refractivity contribution >= 4 is 11.9 Å². The minimum absolute atomic E-state index is 0.173. The summed E-state index contributed by atoms with van der Waals surface area (Å²) in [4.78, 5) is 25.9. The average Bonchev–Trinajstić information content (AvgIpc) is 2.54. The molecule has 0 saturated heterocycles. The topological polar surface area (TPSA) is 57.6 Å². The molecule has 0 aliphatic heterocycles. The van der Waals surface area contributed by atoms with Crippen molar-refractivity contribution in [1.82, 2.24) is 4.90 Å². The van der Waals surface area contributed by atoms with E-state index in [0.29, 0.717) is 0 Å². The number of benzene rings is 2. The van der Waals surface area contributed by atoms with Crippen LogP contribution in [-0.2, 0) is 11.3 Å². The van der Waals surface area contributed by atoms with Gasteiger partial charge in [0, 0.05) is 12.1 Å². The highest BCUT2D eigenvalue weighted by molar-refractivity contribution is 5.96. The fourth-order valence-electron chi connectivity index (χ4n) is 2.61. The summed E-state index contributed by atoms with van der Waals surface area (Å²) in [5, 5.41) is 9.58. The minimum Gasteiger partial charge on any atom is -0.480 e. The summed E-state index contributed by atoms with van der Waals surface area (Å²) in [5.74, 6) is -2.20. The molecule has 24 heavy (non-hydrogen) atoms. The predicted molar refractivity (Wildman–Crippen MR) is 89.0 cm³/mol. The van der Waals surface area contributed by atoms with Crippen molar-refractivity contribution in [2.45, 2.75) is 26.4 Å². The monoisotopic (exact) mass is 329 g/mol. The van der Waals surface area contributed by atoms with Gasteiger partial charge in [-0.05, 0) is 35.7 Å². The first-order valence-corrected chi connectivity index (χ1v) is 7.73. The van der Waals surface area contributed by atoms with Gasteiger partial charge in [0.05, 0.1) is 0 Å². The Labute approximate surface area is 140 Å². The third kappa shape index (κ3) is 4.19. The number of aliphatic carboxylic acids is 1. The number of nitrogens with zero attached hydrogens (tertiary/aromatic N) is 1. The summed E-state index contributed by atoms with van der Waals surface area (Å²) in [6.45, 7) is 3.69. The van der Waals surface area contributed by atoms with Gasteiger partial charge in [-0.1, -0.05) is 44.2 Å². The Kier molecular flexibility index (Phi) is 5.68. The molecule has 0 saturated carbocycles. The normalized spacial score (nSPS) is 12.0. The van der Waals surface area contributed by atoms with Gasteiger partial charge in [-0.25, -0.2) is 9.18 Å². The summed E-state index contributed by atoms with van der Waals surface area (Å²) >= 11 is 0. The molecule has 1 atom stereocenters. The van der Waals surface area contributed by atoms with Gasteiger partial charge in [0.15, 0.2) is 0 Å². The first-order valence-electron chi connectivity index (χ1n) is 7.73. The summed E-state index contributed by atoms with van der Waals surface area (Å²) in [6, 6.07) is 13.4. The van der Waals surface area contributed by atoms with E-state index in [4.69, 9.17) is 0 Å². The second-order valence-corrected chi connectivity index (χ2v) is 5.95. The first kappa shape index (κ1) is 17.7. The van der Waals surface area contributed by atoms with Crippen LogP contribution in [0.1, 0.15) is 29.8 Å². The van der Waals surface area contributed by atoms with Crippen molar-refractivity contribution in [2.24, 2.45) is 5.92 Å². The Morgan fingerprint density at radius 2 is 1.62 bits per heavy atom. The molecule has 126 valence electrons. The predicted octanol–water partition coefficient (Wildman–Crippen LogP) is 3.58. The van der Waals surface area contributed by atoms with E-state index in [-0.39, 0.29) is 18.0 Å². The van der Waals surface area contributed by atoms with Crippen molar-refractivity contribution in [2.75, 3.05) is 0 Å². The summed E-state index contributed by atoms with van der Waals surface area (Å²) in [6.07, 6.45) is 0. The van der Waals surface area contributed by atoms with E-state index in [1.165, 1.54) is 29.2 Å². The van der Waals surface area contributed by atoms with Crippen molar-refractivity contribution in [3.63, 3.8) is 0 Å². The number of hydrogen-bond acceptors (Lipinski definition) is 2. The number of carbonyl (C=O) groups excluding carboxylic acids is 1. The van der Waals surface area contributed by atoms with E-state index in [1.807, 2.05) is 30.3 Å². The van der Waals surface area contributed by atoms with E-state index < -0.39 is 23.7 Å². The fourth-order valence-corrected chi connectivity index (χ4v) is 2.61. The van der Waals surface area contributed by atoms with Gasteiger partial charge in [0.2, 0.25) is 0 Å². The van der Waals surface area contributed by atoms with Crippen LogP contribution in [0.4, 0.5) is 4.39 Å². The second-order valence-electron chi connectivity index (χ2n) is 5.95. The molecule has 1 amide bonds. The molecule has 2 aromatic carbocycles. The summed E-state index contributed by atoms with van der Waals surface area (Å²) in [7, 11) is 0. The smallest absolute Gasteiger partial charge is 0.326 e. The number of hydrogen-bond donors (Lipinski definition) is 1. The van der Waals surface area contributed by atoms with Gasteiger partial charge in [0.1, 0.15) is 11.9 Å². The minimum atomic E-state index is -1.06. The lowest BCUT2D eigenvalue weighted by Crippen LogP contribution is -2.47. The summed E-state index contributed by atoms with van der Waals surface area (Å²) in [5.41, 5.74) is 1.10. The van der Waals surface area contributed by atoms with E-state index >= 15 is 0 Å². The highest BCUT2D eigenvalue weighted by atomic mass is 19.1. The van der Waals surface area contributed by atoms with Crippen LogP contribution >= 0.6 is 0 Å². The molecule has 5 heteroatoms. The van der Waals surface area contributed by atoms with Crippen LogP contribution in [0, 0.1) is 11.7 Å². The van der Waals surface area contributed by atoms with Gasteiger partial charge in [-0.15, -0.1) is 0 Å². The van der Waals surface area contributed by atoms with E-state index in [1.54, 1.807) is 13.8 Å². The third-order valence-electron chi connectivity index (χ3n) is 3.77. The Morgan fingerprint density at radius 1 is 1.04 bits per heavy atom. The molecule has 0 heterocycles. The second kappa shape index (κ2) is 7.73. The molecule has 0 aromatic heterocycles. The first-order chi connectivity index (χ1) is 11.4. The molecule has 0 aliphatic carbocycles. The summed E-state index contributed by atoms with van der Waals surface area (Å²) < 4.78 is 13.1. The Morgan fingerprint density at radius 3 is 2.12 bits per heavy atom. The number of carboxylic acid groups (broad SMARTS) is 1. The molecule has 0 spiro atoms. The van der Waals surface area contributed by atoms with E-state index in [0.717, 1.165) is 5.56 Å². The SMILES string of the molecule is CC(C)[C@@H](C(=O)O)N(Cc1ccccc1)C(=O)c1ccc(F)cc1. The van der Waals surface area contributed by atoms with Crippen molar-refractivity contribution < 1.29 is 19.1 Å². The average molecular weight is 329 g/mol. The molecule has 2 rings (SSSR count). The third-order valence-corrected chi connectivity index (χ3v) is 3.77. The molecule has 2 aromatic rings. The lowest BCUT2D eigenvalue weighted by molar-refractivity contribution is -0.144. The zero-order valence-corrected chi connectivity index (χ0v) is 13.6. The number of halogens is 1. The fraction of sp³-hybridized carbons (Fsp3) is 0.263. The standard InChI is InChI=1S/C19H20FNO3/c1-13(2)17(19(23)24)21(12-14-6-4-3-5-7-14)18(22)15-8-10-16(20)11-9-15/h3-11,13,17H,12H2,1-2H3,(H,23,24)/t17-/m0/s1. The molecule has 0 unspecified atom stereocenters. The molecule has 4 nitrogen and oxygen atoms in total. The van der Waals surface area contributed by atoms with Crippen molar-refractivity contribution in [3.8, 4) is 0 Å². The van der Waals surface area contributed by atoms with Gasteiger partial charge < -0.3 is 10.0 Å². The Balaban J connectivity index is 2.39. The van der Waals surface area contributed by atoms with Crippen LogP contribution in [0.15, 0.2) is 54.6 Å². The van der Waals surface area contributed by atoms with E-state index in [2.05, 4.69) is 0 Å². The molecule has 0 fully saturated rings. The zero-order valence-electron chi connectivity index (χ0n) is 13.6. The van der Waals surface area contributed by atoms with Gasteiger partial charge in [-0.2, -0.15) is 0 Å². The van der Waals surface area contributed by atoms with Gasteiger partial charge in [-0.3, -0.25) is 4.79 Å². The zero-order chi connectivity index (χ0) is 17.7. The van der Waals surface area contributed by atoms with Crippen LogP contribution in [0.2, 0.25) is 0 Å². The highest BCUT2D eigenvalue weighted by Crippen LogP contribution is 2.19. The largest absolute Gasteiger partial charge is 0.480 e. The van der Waals surface area contributed by atoms with Gasteiger partial charge in [0.25, 0.3) is 5.91 Å². The Bertz CT molecular complexity index is 698. The van der Waals surface area contributed by atoms with Crippen LogP contribution < -0.4 is 0 Å². The van der Waals surface area contributed by atoms with Gasteiger partial charge >= 0.3 is 5.97 Å². The highest BCUT2D eigenvalue weighted by Gasteiger charge is 2.32. The molecule has 0 aliphatic rings. The maximum absolute atomic E-state index is 13.1. The van der Waals surface area contributed by atoms with Crippen molar-refractivity contribution in [1.29, 1.82) is 0 Å². The molecule has 0 radical (unpaired) electrons. The number of carbonyl (C=O) groups is 2. The lowest BCUT2D eigenvalue weighted by Gasteiger charge is -2.31. The quantitative estimate of drug-likeness (QED) is 0.881.